The highest BCUT2D eigenvalue weighted by molar-refractivity contribution is 7.90. The van der Waals surface area contributed by atoms with Gasteiger partial charge in [-0.1, -0.05) is 12.8 Å². The minimum atomic E-state index is -2.90. The first-order valence-electron chi connectivity index (χ1n) is 7.95. The predicted molar refractivity (Wildman–Crippen MR) is 83.6 cm³/mol. The first kappa shape index (κ1) is 17.1. The van der Waals surface area contributed by atoms with Gasteiger partial charge in [0.2, 0.25) is 0 Å². The SMILES string of the molecule is CS(=O)(=O)CCCC(NN)C1(N2CCOCC2)CCCC1. The fourth-order valence-electron chi connectivity index (χ4n) is 3.94. The van der Waals surface area contributed by atoms with Crippen molar-refractivity contribution in [3.63, 3.8) is 0 Å². The van der Waals surface area contributed by atoms with Crippen molar-refractivity contribution in [2.45, 2.75) is 50.1 Å². The lowest BCUT2D eigenvalue weighted by atomic mass is 9.83. The Kier molecular flexibility index (Phi) is 6.02. The summed E-state index contributed by atoms with van der Waals surface area (Å²) in [5, 5.41) is 0. The van der Waals surface area contributed by atoms with E-state index in [1.165, 1.54) is 19.1 Å². The molecule has 3 N–H and O–H groups in total. The van der Waals surface area contributed by atoms with Gasteiger partial charge in [0.15, 0.2) is 0 Å². The number of morpholine rings is 1. The number of rotatable bonds is 7. The van der Waals surface area contributed by atoms with E-state index in [-0.39, 0.29) is 17.3 Å². The van der Waals surface area contributed by atoms with Crippen LogP contribution in [-0.4, -0.2) is 63.2 Å². The van der Waals surface area contributed by atoms with Crippen LogP contribution in [0.5, 0.6) is 0 Å². The third kappa shape index (κ3) is 4.39. The van der Waals surface area contributed by atoms with Gasteiger partial charge < -0.3 is 4.74 Å². The highest BCUT2D eigenvalue weighted by Gasteiger charge is 2.45. The Balaban J connectivity index is 2.03. The van der Waals surface area contributed by atoms with Gasteiger partial charge in [0, 0.05) is 36.7 Å². The highest BCUT2D eigenvalue weighted by atomic mass is 32.2. The Hall–Kier alpha value is -0.210. The summed E-state index contributed by atoms with van der Waals surface area (Å²) in [5.74, 6) is 6.08. The van der Waals surface area contributed by atoms with Gasteiger partial charge in [-0.05, 0) is 25.7 Å². The maximum Gasteiger partial charge on any atom is 0.147 e. The summed E-state index contributed by atoms with van der Waals surface area (Å²) in [6.45, 7) is 3.46. The lowest BCUT2D eigenvalue weighted by Gasteiger charge is -2.48. The minimum absolute atomic E-state index is 0.0794. The van der Waals surface area contributed by atoms with Crippen molar-refractivity contribution in [3.8, 4) is 0 Å². The Morgan fingerprint density at radius 2 is 1.90 bits per heavy atom. The van der Waals surface area contributed by atoms with Crippen molar-refractivity contribution >= 4 is 9.84 Å². The average Bonchev–Trinajstić information content (AvgIpc) is 2.94. The quantitative estimate of drug-likeness (QED) is 0.518. The van der Waals surface area contributed by atoms with E-state index in [0.29, 0.717) is 6.42 Å². The number of hydrogen-bond acceptors (Lipinski definition) is 6. The van der Waals surface area contributed by atoms with Crippen molar-refractivity contribution in [1.29, 1.82) is 0 Å². The molecule has 0 amide bonds. The summed E-state index contributed by atoms with van der Waals surface area (Å²) in [4.78, 5) is 2.52. The van der Waals surface area contributed by atoms with Crippen LogP contribution in [0.15, 0.2) is 0 Å². The van der Waals surface area contributed by atoms with Gasteiger partial charge in [0.1, 0.15) is 9.84 Å². The van der Waals surface area contributed by atoms with Crippen LogP contribution in [0.2, 0.25) is 0 Å². The topological polar surface area (TPSA) is 84.7 Å². The zero-order valence-corrected chi connectivity index (χ0v) is 13.8. The molecule has 1 saturated heterocycles. The number of nitrogens with zero attached hydrogens (tertiary/aromatic N) is 1. The molecule has 0 spiro atoms. The third-order valence-electron chi connectivity index (χ3n) is 4.97. The van der Waals surface area contributed by atoms with Crippen molar-refractivity contribution in [2.24, 2.45) is 5.84 Å². The van der Waals surface area contributed by atoms with Crippen LogP contribution in [0.4, 0.5) is 0 Å². The lowest BCUT2D eigenvalue weighted by Crippen LogP contribution is -2.63. The molecule has 124 valence electrons. The number of hydrogen-bond donors (Lipinski definition) is 2. The van der Waals surface area contributed by atoms with Crippen LogP contribution in [0, 0.1) is 0 Å². The molecular weight excluding hydrogens is 290 g/mol. The zero-order valence-electron chi connectivity index (χ0n) is 13.0. The van der Waals surface area contributed by atoms with Gasteiger partial charge in [-0.2, -0.15) is 0 Å². The Labute approximate surface area is 128 Å². The Bertz CT molecular complexity index is 415. The van der Waals surface area contributed by atoms with Crippen LogP contribution in [0.1, 0.15) is 38.5 Å². The first-order chi connectivity index (χ1) is 9.98. The second kappa shape index (κ2) is 7.37. The van der Waals surface area contributed by atoms with E-state index in [9.17, 15) is 8.42 Å². The largest absolute Gasteiger partial charge is 0.379 e. The summed E-state index contributed by atoms with van der Waals surface area (Å²) in [6.07, 6.45) is 7.50. The number of nitrogens with two attached hydrogens (primary N) is 1. The van der Waals surface area contributed by atoms with E-state index in [2.05, 4.69) is 10.3 Å². The highest BCUT2D eigenvalue weighted by Crippen LogP contribution is 2.39. The molecule has 0 bridgehead atoms. The van der Waals surface area contributed by atoms with Crippen molar-refractivity contribution in [3.05, 3.63) is 0 Å². The molecule has 1 heterocycles. The molecule has 0 aromatic heterocycles. The molecule has 21 heavy (non-hydrogen) atoms. The van der Waals surface area contributed by atoms with Crippen LogP contribution >= 0.6 is 0 Å². The Morgan fingerprint density at radius 3 is 2.43 bits per heavy atom. The Morgan fingerprint density at radius 1 is 1.29 bits per heavy atom. The van der Waals surface area contributed by atoms with Crippen LogP contribution in [0.3, 0.4) is 0 Å². The maximum atomic E-state index is 11.3. The van der Waals surface area contributed by atoms with Crippen LogP contribution in [0.25, 0.3) is 0 Å². The normalized spacial score (nSPS) is 25.0. The maximum absolute atomic E-state index is 11.3. The van der Waals surface area contributed by atoms with E-state index in [1.54, 1.807) is 0 Å². The van der Waals surface area contributed by atoms with E-state index in [1.807, 2.05) is 0 Å². The predicted octanol–water partition coefficient (Wildman–Crippen LogP) is 0.288. The van der Waals surface area contributed by atoms with E-state index >= 15 is 0 Å². The molecule has 7 heteroatoms. The molecule has 0 aromatic rings. The zero-order chi connectivity index (χ0) is 15.3. The third-order valence-corrected chi connectivity index (χ3v) is 6.00. The summed E-state index contributed by atoms with van der Waals surface area (Å²) in [5.41, 5.74) is 3.07. The summed E-state index contributed by atoms with van der Waals surface area (Å²) < 4.78 is 28.1. The smallest absolute Gasteiger partial charge is 0.147 e. The number of nitrogens with one attached hydrogen (secondary N) is 1. The molecule has 2 rings (SSSR count). The second-order valence-electron chi connectivity index (χ2n) is 6.40. The van der Waals surface area contributed by atoms with E-state index < -0.39 is 9.84 Å². The molecular formula is C14H29N3O3S. The van der Waals surface area contributed by atoms with Crippen LogP contribution in [-0.2, 0) is 14.6 Å². The fraction of sp³-hybridized carbons (Fsp3) is 1.00. The monoisotopic (exact) mass is 319 g/mol. The van der Waals surface area contributed by atoms with Gasteiger partial charge in [-0.15, -0.1) is 0 Å². The molecule has 0 aromatic carbocycles. The summed E-state index contributed by atoms with van der Waals surface area (Å²) >= 11 is 0. The van der Waals surface area contributed by atoms with Gasteiger partial charge in [-0.3, -0.25) is 16.2 Å². The fourth-order valence-corrected chi connectivity index (χ4v) is 4.63. The molecule has 0 radical (unpaired) electrons. The lowest BCUT2D eigenvalue weighted by molar-refractivity contribution is -0.0369. The standard InChI is InChI=1S/C14H29N3O3S/c1-21(18,19)12-4-5-13(16-15)14(6-2-3-7-14)17-8-10-20-11-9-17/h13,16H,2-12,15H2,1H3. The van der Waals surface area contributed by atoms with E-state index in [0.717, 1.165) is 45.6 Å². The second-order valence-corrected chi connectivity index (χ2v) is 8.66. The number of ether oxygens (including phenoxy) is 1. The molecule has 1 saturated carbocycles. The van der Waals surface area contributed by atoms with Crippen LogP contribution < -0.4 is 11.3 Å². The molecule has 2 fully saturated rings. The van der Waals surface area contributed by atoms with Gasteiger partial charge >= 0.3 is 0 Å². The molecule has 1 atom stereocenters. The molecule has 1 unspecified atom stereocenters. The molecule has 1 aliphatic heterocycles. The summed E-state index contributed by atoms with van der Waals surface area (Å²) in [6, 6.07) is 0.153. The van der Waals surface area contributed by atoms with Crippen molar-refractivity contribution < 1.29 is 13.2 Å². The average molecular weight is 319 g/mol. The van der Waals surface area contributed by atoms with Gasteiger partial charge in [0.25, 0.3) is 0 Å². The first-order valence-corrected chi connectivity index (χ1v) is 10.0. The number of sulfone groups is 1. The van der Waals surface area contributed by atoms with E-state index in [4.69, 9.17) is 10.6 Å². The van der Waals surface area contributed by atoms with Crippen molar-refractivity contribution in [2.75, 3.05) is 38.3 Å². The summed E-state index contributed by atoms with van der Waals surface area (Å²) in [7, 11) is -2.90. The van der Waals surface area contributed by atoms with Gasteiger partial charge in [-0.25, -0.2) is 8.42 Å². The molecule has 1 aliphatic carbocycles. The minimum Gasteiger partial charge on any atom is -0.379 e. The van der Waals surface area contributed by atoms with Crippen molar-refractivity contribution in [1.82, 2.24) is 10.3 Å². The molecule has 2 aliphatic rings. The van der Waals surface area contributed by atoms with Gasteiger partial charge in [0.05, 0.1) is 13.2 Å². The number of hydrazine groups is 1. The molecule has 6 nitrogen and oxygen atoms in total.